The van der Waals surface area contributed by atoms with Gasteiger partial charge in [0.15, 0.2) is 6.61 Å². The number of amides is 3. The Morgan fingerprint density at radius 1 is 1.30 bits per heavy atom. The largest absolute Gasteiger partial charge is 0.484 e. The summed E-state index contributed by atoms with van der Waals surface area (Å²) in [5.41, 5.74) is 0.656. The summed E-state index contributed by atoms with van der Waals surface area (Å²) in [4.78, 5) is 23.8. The molecule has 0 radical (unpaired) electrons. The van der Waals surface area contributed by atoms with Crippen molar-refractivity contribution in [3.8, 4) is 5.75 Å². The molecule has 9 heteroatoms. The first-order valence-electron chi connectivity index (χ1n) is 8.44. The van der Waals surface area contributed by atoms with Gasteiger partial charge in [0.2, 0.25) is 5.91 Å². The van der Waals surface area contributed by atoms with E-state index in [-0.39, 0.29) is 11.8 Å². The molecule has 2 rings (SSSR count). The van der Waals surface area contributed by atoms with Crippen molar-refractivity contribution in [2.24, 2.45) is 0 Å². The molecule has 0 saturated heterocycles. The minimum absolute atomic E-state index is 0.131. The lowest BCUT2D eigenvalue weighted by Crippen LogP contribution is -2.49. The summed E-state index contributed by atoms with van der Waals surface area (Å²) in [6.07, 6.45) is 0. The standard InChI is InChI=1S/C18H24N4O4S/c1-11-7-6-8-13(9-11)25-10-14-21-22-17(26-14)27-12(2)15(23)19-16(24)20-18(3,4)5/h6-9,12H,10H2,1-5H3,(H2,19,20,23,24)/t12-/m1/s1. The highest BCUT2D eigenvalue weighted by molar-refractivity contribution is 8.00. The van der Waals surface area contributed by atoms with E-state index in [1.165, 1.54) is 0 Å². The molecule has 0 bridgehead atoms. The molecule has 8 nitrogen and oxygen atoms in total. The van der Waals surface area contributed by atoms with Gasteiger partial charge in [-0.2, -0.15) is 0 Å². The molecule has 1 atom stereocenters. The Morgan fingerprint density at radius 3 is 2.70 bits per heavy atom. The van der Waals surface area contributed by atoms with Crippen LogP contribution in [0.3, 0.4) is 0 Å². The quantitative estimate of drug-likeness (QED) is 0.728. The number of benzene rings is 1. The first-order chi connectivity index (χ1) is 12.6. The van der Waals surface area contributed by atoms with Gasteiger partial charge in [0.05, 0.1) is 5.25 Å². The van der Waals surface area contributed by atoms with Crippen LogP contribution in [0.1, 0.15) is 39.1 Å². The molecule has 0 saturated carbocycles. The molecule has 0 aliphatic carbocycles. The van der Waals surface area contributed by atoms with E-state index < -0.39 is 22.7 Å². The van der Waals surface area contributed by atoms with Crippen molar-refractivity contribution >= 4 is 23.7 Å². The number of thioether (sulfide) groups is 1. The molecular weight excluding hydrogens is 368 g/mol. The van der Waals surface area contributed by atoms with Gasteiger partial charge >= 0.3 is 6.03 Å². The van der Waals surface area contributed by atoms with Crippen LogP contribution < -0.4 is 15.4 Å². The molecule has 1 heterocycles. The van der Waals surface area contributed by atoms with Crippen molar-refractivity contribution in [1.29, 1.82) is 0 Å². The molecular formula is C18H24N4O4S. The Balaban J connectivity index is 1.83. The van der Waals surface area contributed by atoms with Gasteiger partial charge in [0, 0.05) is 5.54 Å². The third-order valence-electron chi connectivity index (χ3n) is 3.17. The van der Waals surface area contributed by atoms with Crippen molar-refractivity contribution in [2.45, 2.75) is 57.2 Å². The Hall–Kier alpha value is -2.55. The van der Waals surface area contributed by atoms with E-state index in [0.29, 0.717) is 11.6 Å². The van der Waals surface area contributed by atoms with E-state index in [2.05, 4.69) is 20.8 Å². The summed E-state index contributed by atoms with van der Waals surface area (Å²) < 4.78 is 11.1. The third kappa shape index (κ3) is 7.30. The lowest BCUT2D eigenvalue weighted by molar-refractivity contribution is -0.119. The summed E-state index contributed by atoms with van der Waals surface area (Å²) in [7, 11) is 0. The number of hydrogen-bond acceptors (Lipinski definition) is 7. The highest BCUT2D eigenvalue weighted by Gasteiger charge is 2.22. The van der Waals surface area contributed by atoms with E-state index in [1.807, 2.05) is 52.0 Å². The van der Waals surface area contributed by atoms with Gasteiger partial charge in [-0.15, -0.1) is 10.2 Å². The van der Waals surface area contributed by atoms with E-state index in [1.54, 1.807) is 6.92 Å². The van der Waals surface area contributed by atoms with Gasteiger partial charge in [-0.25, -0.2) is 4.79 Å². The molecule has 146 valence electrons. The number of carbonyl (C=O) groups is 2. The highest BCUT2D eigenvalue weighted by atomic mass is 32.2. The fraction of sp³-hybridized carbons (Fsp3) is 0.444. The monoisotopic (exact) mass is 392 g/mol. The molecule has 0 fully saturated rings. The third-order valence-corrected chi connectivity index (χ3v) is 4.11. The van der Waals surface area contributed by atoms with Crippen LogP contribution in [0, 0.1) is 6.92 Å². The Bertz CT molecular complexity index is 801. The molecule has 1 aromatic heterocycles. The number of nitrogens with zero attached hydrogens (tertiary/aromatic N) is 2. The van der Waals surface area contributed by atoms with Crippen LogP contribution in [0.2, 0.25) is 0 Å². The molecule has 0 spiro atoms. The molecule has 1 aromatic carbocycles. The molecule has 0 unspecified atom stereocenters. The van der Waals surface area contributed by atoms with Gasteiger partial charge in [-0.1, -0.05) is 23.9 Å². The number of aromatic nitrogens is 2. The second-order valence-electron chi connectivity index (χ2n) is 7.02. The van der Waals surface area contributed by atoms with Gasteiger partial charge in [0.1, 0.15) is 5.75 Å². The summed E-state index contributed by atoms with van der Waals surface area (Å²) in [6, 6.07) is 7.07. The number of nitrogens with one attached hydrogen (secondary N) is 2. The number of hydrogen-bond donors (Lipinski definition) is 2. The van der Waals surface area contributed by atoms with Crippen LogP contribution in [-0.2, 0) is 11.4 Å². The van der Waals surface area contributed by atoms with Gasteiger partial charge in [-0.05, 0) is 52.3 Å². The van der Waals surface area contributed by atoms with Crippen LogP contribution in [0.25, 0.3) is 0 Å². The van der Waals surface area contributed by atoms with E-state index >= 15 is 0 Å². The smallest absolute Gasteiger partial charge is 0.321 e. The SMILES string of the molecule is Cc1cccc(OCc2nnc(S[C@H](C)C(=O)NC(=O)NC(C)(C)C)o2)c1. The number of aryl methyl sites for hydroxylation is 1. The van der Waals surface area contributed by atoms with Crippen LogP contribution in [-0.4, -0.2) is 32.9 Å². The average Bonchev–Trinajstić information content (AvgIpc) is 2.98. The first kappa shape index (κ1) is 20.8. The minimum Gasteiger partial charge on any atom is -0.484 e. The molecule has 0 aliphatic rings. The number of urea groups is 1. The van der Waals surface area contributed by atoms with Gasteiger partial charge in [-0.3, -0.25) is 10.1 Å². The summed E-state index contributed by atoms with van der Waals surface area (Å²) in [6.45, 7) is 9.24. The van der Waals surface area contributed by atoms with Crippen LogP contribution in [0.15, 0.2) is 33.9 Å². The van der Waals surface area contributed by atoms with E-state index in [0.717, 1.165) is 17.3 Å². The first-order valence-corrected chi connectivity index (χ1v) is 9.32. The van der Waals surface area contributed by atoms with Crippen molar-refractivity contribution in [3.63, 3.8) is 0 Å². The van der Waals surface area contributed by atoms with Gasteiger partial charge < -0.3 is 14.5 Å². The van der Waals surface area contributed by atoms with Crippen molar-refractivity contribution in [2.75, 3.05) is 0 Å². The van der Waals surface area contributed by atoms with Crippen LogP contribution >= 0.6 is 11.8 Å². The lowest BCUT2D eigenvalue weighted by atomic mass is 10.1. The maximum atomic E-state index is 12.1. The second-order valence-corrected chi connectivity index (χ2v) is 8.31. The summed E-state index contributed by atoms with van der Waals surface area (Å²) in [5.74, 6) is 0.564. The summed E-state index contributed by atoms with van der Waals surface area (Å²) in [5, 5.41) is 12.4. The topological polar surface area (TPSA) is 106 Å². The minimum atomic E-state index is -0.582. The predicted molar refractivity (Wildman–Crippen MR) is 102 cm³/mol. The molecule has 2 aromatic rings. The molecule has 0 aliphatic heterocycles. The maximum absolute atomic E-state index is 12.1. The van der Waals surface area contributed by atoms with Crippen LogP contribution in [0.5, 0.6) is 5.75 Å². The number of ether oxygens (including phenoxy) is 1. The van der Waals surface area contributed by atoms with Crippen molar-refractivity contribution < 1.29 is 18.7 Å². The lowest BCUT2D eigenvalue weighted by Gasteiger charge is -2.20. The van der Waals surface area contributed by atoms with Crippen molar-refractivity contribution in [1.82, 2.24) is 20.8 Å². The molecule has 27 heavy (non-hydrogen) atoms. The second kappa shape index (κ2) is 8.90. The van der Waals surface area contributed by atoms with E-state index in [9.17, 15) is 9.59 Å². The zero-order valence-corrected chi connectivity index (χ0v) is 16.8. The van der Waals surface area contributed by atoms with E-state index in [4.69, 9.17) is 9.15 Å². The van der Waals surface area contributed by atoms with Crippen LogP contribution in [0.4, 0.5) is 4.79 Å². The Kier molecular flexibility index (Phi) is 6.84. The fourth-order valence-electron chi connectivity index (χ4n) is 1.98. The highest BCUT2D eigenvalue weighted by Crippen LogP contribution is 2.22. The number of carbonyl (C=O) groups excluding carboxylic acids is 2. The average molecular weight is 392 g/mol. The Morgan fingerprint density at radius 2 is 2.04 bits per heavy atom. The molecule has 3 amide bonds. The number of imide groups is 1. The van der Waals surface area contributed by atoms with Crippen molar-refractivity contribution in [3.05, 3.63) is 35.7 Å². The zero-order chi connectivity index (χ0) is 20.0. The normalized spacial score (nSPS) is 12.3. The Labute approximate surface area is 162 Å². The predicted octanol–water partition coefficient (Wildman–Crippen LogP) is 3.06. The number of rotatable bonds is 6. The maximum Gasteiger partial charge on any atom is 0.321 e. The summed E-state index contributed by atoms with van der Waals surface area (Å²) >= 11 is 1.07. The zero-order valence-electron chi connectivity index (χ0n) is 16.0. The fourth-order valence-corrected chi connectivity index (χ4v) is 2.69. The molecule has 2 N–H and O–H groups in total. The van der Waals surface area contributed by atoms with Gasteiger partial charge in [0.25, 0.3) is 11.1 Å².